The molecule has 0 heterocycles. The second-order valence-corrected chi connectivity index (χ2v) is 18.9. The topological polar surface area (TPSA) is 0 Å². The van der Waals surface area contributed by atoms with Crippen LogP contribution in [0.4, 0.5) is 0 Å². The summed E-state index contributed by atoms with van der Waals surface area (Å²) < 4.78 is 5.98. The number of halogens is 1. The summed E-state index contributed by atoms with van der Waals surface area (Å²) >= 11 is 4.02. The van der Waals surface area contributed by atoms with E-state index in [0.29, 0.717) is 0 Å². The van der Waals surface area contributed by atoms with Crippen molar-refractivity contribution >= 4 is 18.6 Å². The third kappa shape index (κ3) is 5.12. The van der Waals surface area contributed by atoms with Gasteiger partial charge in [-0.2, -0.15) is 0 Å². The molecule has 2 aliphatic carbocycles. The van der Waals surface area contributed by atoms with Crippen LogP contribution < -0.4 is 3.27 Å². The molecule has 3 aromatic carbocycles. The van der Waals surface area contributed by atoms with Crippen LogP contribution in [0.5, 0.6) is 0 Å². The normalized spacial score (nSPS) is 15.2. The van der Waals surface area contributed by atoms with Crippen molar-refractivity contribution in [2.24, 2.45) is 0 Å². The molecule has 0 atom stereocenters. The third-order valence-electron chi connectivity index (χ3n) is 7.96. The number of benzene rings is 3. The molecule has 0 amide bonds. The van der Waals surface area contributed by atoms with Gasteiger partial charge in [0, 0.05) is 0 Å². The number of fused-ring (bicyclic) bond motifs is 3. The van der Waals surface area contributed by atoms with Crippen LogP contribution in [0.1, 0.15) is 86.9 Å². The number of allylic oxidation sites excluding steroid dienone is 4. The van der Waals surface area contributed by atoms with Crippen LogP contribution in [0.15, 0.2) is 64.0 Å². The van der Waals surface area contributed by atoms with Gasteiger partial charge in [-0.1, -0.05) is 0 Å². The molecule has 5 rings (SSSR count). The van der Waals surface area contributed by atoms with E-state index in [-0.39, 0.29) is 10.8 Å². The molecule has 0 N–H and O–H groups in total. The van der Waals surface area contributed by atoms with E-state index < -0.39 is 21.3 Å². The number of hydrogen-bond donors (Lipinski definition) is 0. The zero-order chi connectivity index (χ0) is 26.7. The minimum atomic E-state index is -2.42. The van der Waals surface area contributed by atoms with Crippen molar-refractivity contribution in [1.29, 1.82) is 0 Å². The molecular formula is C35H39ClZr. The van der Waals surface area contributed by atoms with Gasteiger partial charge in [-0.05, 0) is 0 Å². The van der Waals surface area contributed by atoms with Crippen molar-refractivity contribution in [2.45, 2.75) is 79.1 Å². The molecule has 2 heteroatoms. The Morgan fingerprint density at radius 3 is 2.19 bits per heavy atom. The SMILES string of the molecule is Cc1cc2c(cc1C(C)(C)C)-c1cc(C(C)(C)C)c(C)[c](/[Zr](=[CH]\c3cccc(Cl)c3)[C]3=CC=CC3)c1C2. The maximum atomic E-state index is 6.45. The van der Waals surface area contributed by atoms with Crippen molar-refractivity contribution in [1.82, 2.24) is 0 Å². The summed E-state index contributed by atoms with van der Waals surface area (Å²) in [4.78, 5) is 0. The summed E-state index contributed by atoms with van der Waals surface area (Å²) in [5.74, 6) is 0. The van der Waals surface area contributed by atoms with E-state index in [1.165, 1.54) is 44.5 Å². The molecule has 2 aliphatic rings. The van der Waals surface area contributed by atoms with Gasteiger partial charge < -0.3 is 0 Å². The van der Waals surface area contributed by atoms with Crippen LogP contribution in [-0.2, 0) is 38.5 Å². The Morgan fingerprint density at radius 2 is 1.57 bits per heavy atom. The molecule has 3 aromatic rings. The molecule has 0 saturated carbocycles. The van der Waals surface area contributed by atoms with Crippen LogP contribution in [0.2, 0.25) is 5.02 Å². The summed E-state index contributed by atoms with van der Waals surface area (Å²) in [7, 11) is 0. The Bertz CT molecular complexity index is 1500. The Hall–Kier alpha value is -1.82. The van der Waals surface area contributed by atoms with E-state index in [1.54, 1.807) is 12.1 Å². The molecule has 0 unspecified atom stereocenters. The van der Waals surface area contributed by atoms with Crippen molar-refractivity contribution in [2.75, 3.05) is 0 Å². The predicted molar refractivity (Wildman–Crippen MR) is 160 cm³/mol. The maximum absolute atomic E-state index is 6.45. The second-order valence-electron chi connectivity index (χ2n) is 12.9. The van der Waals surface area contributed by atoms with Crippen LogP contribution in [0.25, 0.3) is 11.1 Å². The summed E-state index contributed by atoms with van der Waals surface area (Å²) in [6, 6.07) is 16.0. The first-order chi connectivity index (χ1) is 17.3. The molecule has 0 bridgehead atoms. The Labute approximate surface area is 236 Å². The second kappa shape index (κ2) is 9.73. The number of hydrogen-bond acceptors (Lipinski definition) is 0. The molecule has 0 saturated heterocycles. The molecule has 0 radical (unpaired) electrons. The van der Waals surface area contributed by atoms with E-state index in [1.807, 2.05) is 6.07 Å². The van der Waals surface area contributed by atoms with Gasteiger partial charge in [0.2, 0.25) is 0 Å². The quantitative estimate of drug-likeness (QED) is 0.225. The average Bonchev–Trinajstić information content (AvgIpc) is 3.43. The average molecular weight is 586 g/mol. The molecule has 0 aliphatic heterocycles. The zero-order valence-corrected chi connectivity index (χ0v) is 26.9. The van der Waals surface area contributed by atoms with E-state index >= 15 is 0 Å². The minimum absolute atomic E-state index is 0.0841. The summed E-state index contributed by atoms with van der Waals surface area (Å²) in [6.45, 7) is 18.8. The van der Waals surface area contributed by atoms with E-state index in [9.17, 15) is 0 Å². The number of rotatable bonds is 3. The van der Waals surface area contributed by atoms with Crippen molar-refractivity contribution < 1.29 is 21.3 Å². The fraction of sp³-hybridized carbons (Fsp3) is 0.343. The van der Waals surface area contributed by atoms with Gasteiger partial charge in [0.25, 0.3) is 0 Å². The summed E-state index contributed by atoms with van der Waals surface area (Å²) in [5, 5.41) is 0.818. The summed E-state index contributed by atoms with van der Waals surface area (Å²) in [5.41, 5.74) is 13.4. The molecule has 190 valence electrons. The van der Waals surface area contributed by atoms with E-state index in [0.717, 1.165) is 17.9 Å². The van der Waals surface area contributed by atoms with Crippen LogP contribution >= 0.6 is 11.6 Å². The van der Waals surface area contributed by atoms with Crippen molar-refractivity contribution in [3.05, 3.63) is 108 Å². The van der Waals surface area contributed by atoms with E-state index in [2.05, 4.69) is 114 Å². The zero-order valence-electron chi connectivity index (χ0n) is 23.6. The standard InChI is InChI=1S/C23H29.C7H5Cl.C5H5.Zr/c1-14-9-16-11-17-10-15(2)21(23(6,7)8)13-19(17)18(16)12-20(14)22(3,4)5;1-6-3-2-4-7(8)5-6;1-2-4-5-3-1;/h9,12-13H,11H2,1-8H3;1-5H;1-3H,4H2;. The molecule has 37 heavy (non-hydrogen) atoms. The van der Waals surface area contributed by atoms with Crippen molar-refractivity contribution in [3.63, 3.8) is 0 Å². The molecule has 0 fully saturated rings. The fourth-order valence-corrected chi connectivity index (χ4v) is 13.5. The molecule has 0 nitrogen and oxygen atoms in total. The van der Waals surface area contributed by atoms with Gasteiger partial charge >= 0.3 is 238 Å². The Balaban J connectivity index is 1.83. The third-order valence-corrected chi connectivity index (χ3v) is 15.3. The van der Waals surface area contributed by atoms with E-state index in [4.69, 9.17) is 11.6 Å². The van der Waals surface area contributed by atoms with Gasteiger partial charge in [-0.25, -0.2) is 0 Å². The van der Waals surface area contributed by atoms with Gasteiger partial charge in [0.05, 0.1) is 0 Å². The van der Waals surface area contributed by atoms with Gasteiger partial charge in [0.1, 0.15) is 0 Å². The Kier molecular flexibility index (Phi) is 7.04. The van der Waals surface area contributed by atoms with Crippen molar-refractivity contribution in [3.8, 4) is 11.1 Å². The monoisotopic (exact) mass is 584 g/mol. The molecular weight excluding hydrogens is 547 g/mol. The first kappa shape index (κ1) is 26.8. The summed E-state index contributed by atoms with van der Waals surface area (Å²) in [6.07, 6.45) is 9.14. The predicted octanol–water partition coefficient (Wildman–Crippen LogP) is 9.06. The Morgan fingerprint density at radius 1 is 0.865 bits per heavy atom. The van der Waals surface area contributed by atoms with Crippen LogP contribution in [0, 0.1) is 13.8 Å². The molecule has 0 aromatic heterocycles. The first-order valence-corrected chi connectivity index (χ1v) is 17.7. The number of aryl methyl sites for hydroxylation is 1. The van der Waals surface area contributed by atoms with Gasteiger partial charge in [-0.3, -0.25) is 0 Å². The first-order valence-electron chi connectivity index (χ1n) is 13.5. The fourth-order valence-electron chi connectivity index (χ4n) is 6.30. The van der Waals surface area contributed by atoms with Gasteiger partial charge in [0.15, 0.2) is 0 Å². The molecule has 0 spiro atoms. The van der Waals surface area contributed by atoms with Crippen LogP contribution in [-0.4, -0.2) is 3.71 Å². The van der Waals surface area contributed by atoms with Crippen LogP contribution in [0.3, 0.4) is 0 Å². The van der Waals surface area contributed by atoms with Gasteiger partial charge in [-0.15, -0.1) is 0 Å².